The number of aliphatic carboxylic acids is 1. The van der Waals surface area contributed by atoms with Crippen LogP contribution in [0.25, 0.3) is 0 Å². The third-order valence-corrected chi connectivity index (χ3v) is 5.83. The van der Waals surface area contributed by atoms with Gasteiger partial charge in [-0.3, -0.25) is 4.79 Å². The van der Waals surface area contributed by atoms with Gasteiger partial charge in [0.25, 0.3) is 5.91 Å². The zero-order valence-electron chi connectivity index (χ0n) is 20.0. The number of halogens is 1. The predicted octanol–water partition coefficient (Wildman–Crippen LogP) is 0.575. The van der Waals surface area contributed by atoms with Crippen LogP contribution in [0.2, 0.25) is 5.02 Å². The SMILES string of the molecule is COc1cc(C(=O)N[C@H]2[C@@H](OC)O[C@H](CO)[C@@H](O)[C@@H]2O)cc(Cl)c1OCc1cccc(OCC(=O)O)c1. The van der Waals surface area contributed by atoms with Gasteiger partial charge in [0.15, 0.2) is 24.4 Å². The Balaban J connectivity index is 1.73. The number of hydrogen-bond acceptors (Lipinski definition) is 10. The molecule has 1 amide bonds. The smallest absolute Gasteiger partial charge is 0.341 e. The van der Waals surface area contributed by atoms with Crippen molar-refractivity contribution >= 4 is 23.5 Å². The van der Waals surface area contributed by atoms with Crippen LogP contribution in [0.1, 0.15) is 15.9 Å². The fraction of sp³-hybridized carbons (Fsp3) is 0.417. The van der Waals surface area contributed by atoms with Gasteiger partial charge < -0.3 is 49.4 Å². The maximum atomic E-state index is 13.0. The van der Waals surface area contributed by atoms with Crippen molar-refractivity contribution in [2.75, 3.05) is 27.4 Å². The Bertz CT molecular complexity index is 1100. The van der Waals surface area contributed by atoms with Crippen molar-refractivity contribution in [2.24, 2.45) is 0 Å². The zero-order chi connectivity index (χ0) is 27.1. The number of nitrogens with one attached hydrogen (secondary N) is 1. The molecule has 0 bridgehead atoms. The van der Waals surface area contributed by atoms with Crippen LogP contribution >= 0.6 is 11.6 Å². The van der Waals surface area contributed by atoms with E-state index in [9.17, 15) is 24.9 Å². The average molecular weight is 542 g/mol. The van der Waals surface area contributed by atoms with Crippen molar-refractivity contribution in [2.45, 2.75) is 37.3 Å². The molecule has 2 aromatic rings. The lowest BCUT2D eigenvalue weighted by atomic mass is 9.96. The number of aliphatic hydroxyl groups excluding tert-OH is 3. The highest BCUT2D eigenvalue weighted by molar-refractivity contribution is 6.32. The van der Waals surface area contributed by atoms with Crippen LogP contribution in [0.3, 0.4) is 0 Å². The first-order chi connectivity index (χ1) is 17.7. The van der Waals surface area contributed by atoms with E-state index >= 15 is 0 Å². The Morgan fingerprint density at radius 1 is 1.11 bits per heavy atom. The molecule has 2 aromatic carbocycles. The molecule has 1 aliphatic heterocycles. The number of methoxy groups -OCH3 is 2. The normalized spacial score (nSPS) is 23.2. The molecule has 0 aliphatic carbocycles. The number of carbonyl (C=O) groups is 2. The highest BCUT2D eigenvalue weighted by atomic mass is 35.5. The number of hydrogen-bond donors (Lipinski definition) is 5. The van der Waals surface area contributed by atoms with Gasteiger partial charge in [-0.15, -0.1) is 0 Å². The standard InChI is InChI=1S/C24H28ClNO11/c1-33-16-8-13(23(32)26-19-21(31)20(30)17(9-27)37-24(19)34-2)7-15(25)22(16)36-10-12-4-3-5-14(6-12)35-11-18(28)29/h3-8,17,19-21,24,27,30-31H,9-11H2,1-2H3,(H,26,32)(H,28,29)/t17-,19-,20-,21-,24+/m1/s1. The summed E-state index contributed by atoms with van der Waals surface area (Å²) in [6.07, 6.45) is -5.14. The van der Waals surface area contributed by atoms with Crippen molar-refractivity contribution < 1.29 is 53.7 Å². The largest absolute Gasteiger partial charge is 0.493 e. The van der Waals surface area contributed by atoms with Crippen molar-refractivity contribution in [1.29, 1.82) is 0 Å². The molecule has 0 aromatic heterocycles. The van der Waals surface area contributed by atoms with E-state index in [-0.39, 0.29) is 28.7 Å². The fourth-order valence-corrected chi connectivity index (χ4v) is 3.95. The van der Waals surface area contributed by atoms with Crippen molar-refractivity contribution in [3.8, 4) is 17.2 Å². The number of carboxylic acid groups (broad SMARTS) is 1. The van der Waals surface area contributed by atoms with Crippen molar-refractivity contribution in [3.05, 3.63) is 52.5 Å². The molecule has 37 heavy (non-hydrogen) atoms. The van der Waals surface area contributed by atoms with Crippen LogP contribution in [-0.2, 0) is 20.9 Å². The molecule has 13 heteroatoms. The second-order valence-corrected chi connectivity index (χ2v) is 8.46. The molecular formula is C24H28ClNO11. The lowest BCUT2D eigenvalue weighted by Gasteiger charge is -2.41. The molecule has 202 valence electrons. The monoisotopic (exact) mass is 541 g/mol. The minimum atomic E-state index is -1.48. The number of aliphatic hydroxyl groups is 3. The summed E-state index contributed by atoms with van der Waals surface area (Å²) in [5, 5.41) is 41.3. The summed E-state index contributed by atoms with van der Waals surface area (Å²) < 4.78 is 26.9. The summed E-state index contributed by atoms with van der Waals surface area (Å²) in [5.74, 6) is -1.10. The minimum Gasteiger partial charge on any atom is -0.493 e. The molecule has 5 N–H and O–H groups in total. The van der Waals surface area contributed by atoms with Gasteiger partial charge in [-0.1, -0.05) is 23.7 Å². The predicted molar refractivity (Wildman–Crippen MR) is 128 cm³/mol. The Kier molecular flexibility index (Phi) is 9.92. The molecule has 1 fully saturated rings. The highest BCUT2D eigenvalue weighted by Gasteiger charge is 2.45. The molecule has 0 spiro atoms. The maximum absolute atomic E-state index is 13.0. The molecule has 0 radical (unpaired) electrons. The van der Waals surface area contributed by atoms with E-state index in [0.29, 0.717) is 11.3 Å². The van der Waals surface area contributed by atoms with E-state index in [1.807, 2.05) is 0 Å². The summed E-state index contributed by atoms with van der Waals surface area (Å²) in [6, 6.07) is 8.23. The highest BCUT2D eigenvalue weighted by Crippen LogP contribution is 2.37. The van der Waals surface area contributed by atoms with Crippen LogP contribution in [0.4, 0.5) is 0 Å². The quantitative estimate of drug-likeness (QED) is 0.269. The summed E-state index contributed by atoms with van der Waals surface area (Å²) in [6.45, 7) is -0.993. The third-order valence-electron chi connectivity index (χ3n) is 5.55. The first-order valence-electron chi connectivity index (χ1n) is 11.1. The van der Waals surface area contributed by atoms with Gasteiger partial charge >= 0.3 is 5.97 Å². The molecule has 0 unspecified atom stereocenters. The molecule has 1 aliphatic rings. The van der Waals surface area contributed by atoms with Gasteiger partial charge in [-0.2, -0.15) is 0 Å². The second-order valence-electron chi connectivity index (χ2n) is 8.05. The lowest BCUT2D eigenvalue weighted by Crippen LogP contribution is -2.64. The van der Waals surface area contributed by atoms with E-state index in [2.05, 4.69) is 5.32 Å². The topological polar surface area (TPSA) is 173 Å². The zero-order valence-corrected chi connectivity index (χ0v) is 20.8. The first-order valence-corrected chi connectivity index (χ1v) is 11.5. The van der Waals surface area contributed by atoms with Crippen LogP contribution < -0.4 is 19.5 Å². The second kappa shape index (κ2) is 12.9. The maximum Gasteiger partial charge on any atom is 0.341 e. The Morgan fingerprint density at radius 2 is 1.86 bits per heavy atom. The molecule has 0 saturated carbocycles. The third kappa shape index (κ3) is 7.01. The molecule has 3 rings (SSSR count). The minimum absolute atomic E-state index is 0.0386. The summed E-state index contributed by atoms with van der Waals surface area (Å²) in [7, 11) is 2.66. The van der Waals surface area contributed by atoms with E-state index < -0.39 is 55.7 Å². The number of carboxylic acids is 1. The Labute approximate surface area is 217 Å². The van der Waals surface area contributed by atoms with Gasteiger partial charge in [0.1, 0.15) is 36.7 Å². The van der Waals surface area contributed by atoms with Crippen LogP contribution in [-0.4, -0.2) is 90.4 Å². The molecule has 12 nitrogen and oxygen atoms in total. The molecule has 5 atom stereocenters. The molecular weight excluding hydrogens is 514 g/mol. The van der Waals surface area contributed by atoms with Gasteiger partial charge in [-0.25, -0.2) is 4.79 Å². The Morgan fingerprint density at radius 3 is 2.51 bits per heavy atom. The van der Waals surface area contributed by atoms with E-state index in [0.717, 1.165) is 0 Å². The van der Waals surface area contributed by atoms with Gasteiger partial charge in [0, 0.05) is 12.7 Å². The Hall–Kier alpha value is -3.13. The summed E-state index contributed by atoms with van der Waals surface area (Å²) >= 11 is 6.39. The van der Waals surface area contributed by atoms with Gasteiger partial charge in [-0.05, 0) is 29.8 Å². The van der Waals surface area contributed by atoms with Crippen LogP contribution in [0.15, 0.2) is 36.4 Å². The van der Waals surface area contributed by atoms with Crippen molar-refractivity contribution in [3.63, 3.8) is 0 Å². The number of ether oxygens (including phenoxy) is 5. The lowest BCUT2D eigenvalue weighted by molar-refractivity contribution is -0.261. The van der Waals surface area contributed by atoms with E-state index in [4.69, 9.17) is 40.4 Å². The van der Waals surface area contributed by atoms with Crippen LogP contribution in [0, 0.1) is 0 Å². The van der Waals surface area contributed by atoms with Gasteiger partial charge in [0.2, 0.25) is 0 Å². The van der Waals surface area contributed by atoms with Gasteiger partial charge in [0.05, 0.1) is 18.7 Å². The first kappa shape index (κ1) is 28.4. The molecule has 1 heterocycles. The average Bonchev–Trinajstić information content (AvgIpc) is 2.89. The summed E-state index contributed by atoms with van der Waals surface area (Å²) in [5.41, 5.74) is 0.735. The number of rotatable bonds is 11. The number of amides is 1. The summed E-state index contributed by atoms with van der Waals surface area (Å²) in [4.78, 5) is 23.7. The van der Waals surface area contributed by atoms with Crippen LogP contribution in [0.5, 0.6) is 17.2 Å². The van der Waals surface area contributed by atoms with E-state index in [1.54, 1.807) is 24.3 Å². The number of carbonyl (C=O) groups excluding carboxylic acids is 1. The fourth-order valence-electron chi connectivity index (χ4n) is 3.69. The van der Waals surface area contributed by atoms with Crippen molar-refractivity contribution in [1.82, 2.24) is 5.32 Å². The molecule has 1 saturated heterocycles. The van der Waals surface area contributed by atoms with E-state index in [1.165, 1.54) is 26.4 Å². The number of benzene rings is 2.